The number of rotatable bonds is 5. The molecule has 1 aromatic carbocycles. The molecule has 0 bridgehead atoms. The molecular weight excluding hydrogens is 272 g/mol. The molecule has 0 aromatic heterocycles. The fourth-order valence-corrected chi connectivity index (χ4v) is 4.01. The van der Waals surface area contributed by atoms with Gasteiger partial charge >= 0.3 is 0 Å². The van der Waals surface area contributed by atoms with Crippen LogP contribution in [0.4, 0.5) is 0 Å². The van der Waals surface area contributed by atoms with Crippen LogP contribution in [0.1, 0.15) is 44.1 Å². The van der Waals surface area contributed by atoms with Crippen LogP contribution in [0, 0.1) is 5.92 Å². The van der Waals surface area contributed by atoms with Gasteiger partial charge in [-0.2, -0.15) is 0 Å². The van der Waals surface area contributed by atoms with Gasteiger partial charge in [-0.3, -0.25) is 4.90 Å². The van der Waals surface area contributed by atoms with Crippen molar-refractivity contribution in [3.63, 3.8) is 0 Å². The summed E-state index contributed by atoms with van der Waals surface area (Å²) in [6.45, 7) is 6.25. The van der Waals surface area contributed by atoms with E-state index in [0.717, 1.165) is 32.2 Å². The Labute approximate surface area is 134 Å². The number of nitrogens with two attached hydrogens (primary N) is 1. The van der Waals surface area contributed by atoms with Gasteiger partial charge in [0.25, 0.3) is 0 Å². The Morgan fingerprint density at radius 3 is 2.68 bits per heavy atom. The molecule has 1 saturated heterocycles. The molecule has 2 N–H and O–H groups in total. The lowest BCUT2D eigenvalue weighted by Crippen LogP contribution is -2.32. The van der Waals surface area contributed by atoms with Crippen LogP contribution in [-0.4, -0.2) is 43.3 Å². The largest absolute Gasteiger partial charge is 0.377 e. The molecule has 1 aliphatic carbocycles. The van der Waals surface area contributed by atoms with Gasteiger partial charge < -0.3 is 10.5 Å². The van der Waals surface area contributed by atoms with E-state index in [1.54, 1.807) is 0 Å². The van der Waals surface area contributed by atoms with E-state index in [9.17, 15) is 0 Å². The smallest absolute Gasteiger partial charge is 0.0601 e. The summed E-state index contributed by atoms with van der Waals surface area (Å²) in [6, 6.07) is 10.9. The van der Waals surface area contributed by atoms with Crippen LogP contribution in [0.15, 0.2) is 30.3 Å². The van der Waals surface area contributed by atoms with Crippen molar-refractivity contribution < 1.29 is 4.74 Å². The van der Waals surface area contributed by atoms with Crippen LogP contribution >= 0.6 is 0 Å². The quantitative estimate of drug-likeness (QED) is 0.908. The molecule has 4 atom stereocenters. The zero-order valence-electron chi connectivity index (χ0n) is 13.8. The first-order valence-corrected chi connectivity index (χ1v) is 8.88. The second kappa shape index (κ2) is 7.58. The predicted octanol–water partition coefficient (Wildman–Crippen LogP) is 3.01. The molecule has 0 radical (unpaired) electrons. The van der Waals surface area contributed by atoms with E-state index in [2.05, 4.69) is 42.2 Å². The monoisotopic (exact) mass is 302 g/mol. The van der Waals surface area contributed by atoms with E-state index in [1.807, 2.05) is 0 Å². The number of benzene rings is 1. The van der Waals surface area contributed by atoms with Gasteiger partial charge in [0, 0.05) is 31.6 Å². The van der Waals surface area contributed by atoms with Gasteiger partial charge in [0.1, 0.15) is 0 Å². The van der Waals surface area contributed by atoms with Crippen LogP contribution in [0.5, 0.6) is 0 Å². The van der Waals surface area contributed by atoms with E-state index in [-0.39, 0.29) is 6.04 Å². The Morgan fingerprint density at radius 2 is 1.91 bits per heavy atom. The van der Waals surface area contributed by atoms with E-state index in [1.165, 1.54) is 31.2 Å². The zero-order valence-corrected chi connectivity index (χ0v) is 13.8. The van der Waals surface area contributed by atoms with Crippen molar-refractivity contribution >= 4 is 0 Å². The maximum Gasteiger partial charge on any atom is 0.0601 e. The first kappa shape index (κ1) is 16.0. The van der Waals surface area contributed by atoms with E-state index in [0.29, 0.717) is 12.0 Å². The van der Waals surface area contributed by atoms with E-state index in [4.69, 9.17) is 10.5 Å². The number of hydrogen-bond donors (Lipinski definition) is 1. The molecule has 2 unspecified atom stereocenters. The predicted molar refractivity (Wildman–Crippen MR) is 91.0 cm³/mol. The van der Waals surface area contributed by atoms with E-state index < -0.39 is 0 Å². The first-order chi connectivity index (χ1) is 10.7. The molecule has 22 heavy (non-hydrogen) atoms. The maximum absolute atomic E-state index is 6.36. The standard InChI is InChI=1S/C19H30N2O/c1-15-7-5-6-10-19(15)22-12-11-21-13-17(18(20)14-21)16-8-3-2-4-9-16/h2-4,8-9,15,17-19H,5-7,10-14,20H2,1H3/t15?,17-,18+,19?/m0/s1. The lowest BCUT2D eigenvalue weighted by Gasteiger charge is -2.29. The molecular formula is C19H30N2O. The number of ether oxygens (including phenoxy) is 1. The Bertz CT molecular complexity index is 450. The molecule has 0 spiro atoms. The fraction of sp³-hybridized carbons (Fsp3) is 0.684. The molecule has 1 saturated carbocycles. The fourth-order valence-electron chi connectivity index (χ4n) is 4.01. The summed E-state index contributed by atoms with van der Waals surface area (Å²) in [4.78, 5) is 2.47. The summed E-state index contributed by atoms with van der Waals surface area (Å²) < 4.78 is 6.15. The lowest BCUT2D eigenvalue weighted by atomic mass is 9.88. The molecule has 3 nitrogen and oxygen atoms in total. The molecule has 2 aliphatic rings. The third kappa shape index (κ3) is 3.89. The summed E-state index contributed by atoms with van der Waals surface area (Å²) in [6.07, 6.45) is 5.76. The van der Waals surface area contributed by atoms with Gasteiger partial charge in [0.05, 0.1) is 12.7 Å². The third-order valence-corrected chi connectivity index (χ3v) is 5.44. The number of nitrogens with zero attached hydrogens (tertiary/aromatic N) is 1. The second-order valence-corrected chi connectivity index (χ2v) is 7.11. The Morgan fingerprint density at radius 1 is 1.14 bits per heavy atom. The summed E-state index contributed by atoms with van der Waals surface area (Å²) in [5.41, 5.74) is 7.73. The molecule has 1 aromatic rings. The summed E-state index contributed by atoms with van der Waals surface area (Å²) in [5, 5.41) is 0. The van der Waals surface area contributed by atoms with Crippen molar-refractivity contribution in [3.8, 4) is 0 Å². The summed E-state index contributed by atoms with van der Waals surface area (Å²) in [5.74, 6) is 1.20. The van der Waals surface area contributed by atoms with Crippen LogP contribution in [0.2, 0.25) is 0 Å². The van der Waals surface area contributed by atoms with Crippen molar-refractivity contribution in [2.45, 2.75) is 50.7 Å². The van der Waals surface area contributed by atoms with Crippen LogP contribution in [0.25, 0.3) is 0 Å². The average Bonchev–Trinajstić information content (AvgIpc) is 2.91. The molecule has 3 heteroatoms. The van der Waals surface area contributed by atoms with E-state index >= 15 is 0 Å². The summed E-state index contributed by atoms with van der Waals surface area (Å²) in [7, 11) is 0. The van der Waals surface area contributed by atoms with Crippen molar-refractivity contribution in [2.24, 2.45) is 11.7 Å². The maximum atomic E-state index is 6.36. The number of hydrogen-bond acceptors (Lipinski definition) is 3. The third-order valence-electron chi connectivity index (χ3n) is 5.44. The summed E-state index contributed by atoms with van der Waals surface area (Å²) >= 11 is 0. The van der Waals surface area contributed by atoms with Gasteiger partial charge in [-0.15, -0.1) is 0 Å². The Balaban J connectivity index is 1.44. The highest BCUT2D eigenvalue weighted by Gasteiger charge is 2.31. The highest BCUT2D eigenvalue weighted by atomic mass is 16.5. The molecule has 0 amide bonds. The minimum atomic E-state index is 0.246. The zero-order chi connectivity index (χ0) is 15.4. The molecule has 2 fully saturated rings. The van der Waals surface area contributed by atoms with Crippen molar-refractivity contribution in [2.75, 3.05) is 26.2 Å². The highest BCUT2D eigenvalue weighted by Crippen LogP contribution is 2.28. The van der Waals surface area contributed by atoms with Crippen molar-refractivity contribution in [1.82, 2.24) is 4.90 Å². The highest BCUT2D eigenvalue weighted by molar-refractivity contribution is 5.23. The minimum Gasteiger partial charge on any atom is -0.377 e. The first-order valence-electron chi connectivity index (χ1n) is 8.88. The topological polar surface area (TPSA) is 38.5 Å². The van der Waals surface area contributed by atoms with Gasteiger partial charge in [0.15, 0.2) is 0 Å². The van der Waals surface area contributed by atoms with Crippen LogP contribution < -0.4 is 5.73 Å². The van der Waals surface area contributed by atoms with Crippen molar-refractivity contribution in [1.29, 1.82) is 0 Å². The average molecular weight is 302 g/mol. The number of likely N-dealkylation sites (tertiary alicyclic amines) is 1. The molecule has 1 heterocycles. The van der Waals surface area contributed by atoms with Crippen molar-refractivity contribution in [3.05, 3.63) is 35.9 Å². The van der Waals surface area contributed by atoms with Crippen LogP contribution in [-0.2, 0) is 4.74 Å². The SMILES string of the molecule is CC1CCCCC1OCCN1C[C@@H](N)[C@H](c2ccccc2)C1. The lowest BCUT2D eigenvalue weighted by molar-refractivity contribution is -0.0121. The molecule has 3 rings (SSSR count). The second-order valence-electron chi connectivity index (χ2n) is 7.11. The minimum absolute atomic E-state index is 0.246. The Hall–Kier alpha value is -0.900. The van der Waals surface area contributed by atoms with Gasteiger partial charge in [-0.05, 0) is 24.3 Å². The normalized spacial score (nSPS) is 33.2. The van der Waals surface area contributed by atoms with Gasteiger partial charge in [-0.1, -0.05) is 50.1 Å². The van der Waals surface area contributed by atoms with Gasteiger partial charge in [-0.25, -0.2) is 0 Å². The van der Waals surface area contributed by atoms with Crippen LogP contribution in [0.3, 0.4) is 0 Å². The molecule has 122 valence electrons. The Kier molecular flexibility index (Phi) is 5.51. The molecule has 1 aliphatic heterocycles. The van der Waals surface area contributed by atoms with Gasteiger partial charge in [0.2, 0.25) is 0 Å².